The van der Waals surface area contributed by atoms with E-state index in [-0.39, 0.29) is 24.2 Å². The van der Waals surface area contributed by atoms with Crippen LogP contribution in [0.1, 0.15) is 59.9 Å². The summed E-state index contributed by atoms with van der Waals surface area (Å²) in [5.41, 5.74) is 1.32. The molecule has 1 atom stereocenters. The van der Waals surface area contributed by atoms with Gasteiger partial charge in [-0.15, -0.1) is 0 Å². The van der Waals surface area contributed by atoms with E-state index in [2.05, 4.69) is 4.72 Å². The van der Waals surface area contributed by atoms with Gasteiger partial charge in [0.2, 0.25) is 10.0 Å². The Morgan fingerprint density at radius 3 is 1.92 bits per heavy atom. The molecule has 0 unspecified atom stereocenters. The molecule has 0 spiro atoms. The molecule has 1 aliphatic heterocycles. The number of rotatable bonds is 6. The molecule has 2 rings (SSSR count). The normalized spacial score (nSPS) is 20.9. The van der Waals surface area contributed by atoms with Crippen LogP contribution in [0.25, 0.3) is 0 Å². The van der Waals surface area contributed by atoms with Crippen molar-refractivity contribution in [3.63, 3.8) is 0 Å². The van der Waals surface area contributed by atoms with Gasteiger partial charge in [0.15, 0.2) is 0 Å². The molecule has 0 saturated carbocycles. The minimum Gasteiger partial charge on any atom is -0.399 e. The van der Waals surface area contributed by atoms with Gasteiger partial charge in [0.25, 0.3) is 0 Å². The first-order valence-electron chi connectivity index (χ1n) is 8.80. The van der Waals surface area contributed by atoms with Gasteiger partial charge in [0.05, 0.1) is 16.5 Å². The zero-order valence-electron chi connectivity index (χ0n) is 16.3. The van der Waals surface area contributed by atoms with Crippen molar-refractivity contribution in [2.24, 2.45) is 0 Å². The molecule has 0 aromatic heterocycles. The summed E-state index contributed by atoms with van der Waals surface area (Å²) in [6, 6.07) is 8.00. The average molecular weight is 367 g/mol. The Morgan fingerprint density at radius 2 is 1.48 bits per heavy atom. The van der Waals surface area contributed by atoms with Gasteiger partial charge < -0.3 is 9.31 Å². The monoisotopic (exact) mass is 367 g/mol. The minimum absolute atomic E-state index is 0.0841. The Hall–Kier alpha value is -0.885. The molecular weight excluding hydrogens is 337 g/mol. The molecule has 0 amide bonds. The zero-order chi connectivity index (χ0) is 19.0. The molecule has 0 bridgehead atoms. The quantitative estimate of drug-likeness (QED) is 0.785. The number of hydrogen-bond donors (Lipinski definition) is 1. The molecule has 1 heterocycles. The second-order valence-electron chi connectivity index (χ2n) is 8.10. The Bertz CT molecular complexity index is 682. The van der Waals surface area contributed by atoms with E-state index in [1.165, 1.54) is 0 Å². The Balaban J connectivity index is 2.03. The van der Waals surface area contributed by atoms with Crippen LogP contribution in [-0.4, -0.2) is 38.5 Å². The highest BCUT2D eigenvalue weighted by Crippen LogP contribution is 2.36. The predicted molar refractivity (Wildman–Crippen MR) is 103 cm³/mol. The fourth-order valence-corrected chi connectivity index (χ4v) is 3.30. The van der Waals surface area contributed by atoms with Crippen molar-refractivity contribution < 1.29 is 17.7 Å². The van der Waals surface area contributed by atoms with Crippen LogP contribution in [0, 0.1) is 0 Å². The highest BCUT2D eigenvalue weighted by molar-refractivity contribution is 7.90. The summed E-state index contributed by atoms with van der Waals surface area (Å²) in [5.74, 6) is 0.0841. The van der Waals surface area contributed by atoms with Gasteiger partial charge in [0, 0.05) is 6.54 Å². The summed E-state index contributed by atoms with van der Waals surface area (Å²) in [5, 5.41) is -0.426. The van der Waals surface area contributed by atoms with E-state index in [0.717, 1.165) is 11.0 Å². The lowest BCUT2D eigenvalue weighted by molar-refractivity contribution is 0.00578. The molecule has 1 N–H and O–H groups in total. The second-order valence-corrected chi connectivity index (χ2v) is 10.4. The van der Waals surface area contributed by atoms with Gasteiger partial charge in [-0.25, -0.2) is 13.1 Å². The van der Waals surface area contributed by atoms with Crippen LogP contribution in [0.15, 0.2) is 24.3 Å². The van der Waals surface area contributed by atoms with Crippen molar-refractivity contribution >= 4 is 22.6 Å². The summed E-state index contributed by atoms with van der Waals surface area (Å²) < 4.78 is 38.5. The maximum Gasteiger partial charge on any atom is 0.494 e. The average Bonchev–Trinajstić information content (AvgIpc) is 2.73. The topological polar surface area (TPSA) is 64.6 Å². The molecule has 1 fully saturated rings. The van der Waals surface area contributed by atoms with E-state index in [1.54, 1.807) is 13.8 Å². The van der Waals surface area contributed by atoms with Crippen molar-refractivity contribution in [1.29, 1.82) is 0 Å². The standard InChI is InChI=1S/C18H30BNO4S/c1-13(2)25(21,22)20-12-14(3)15-8-10-16(11-9-15)19-23-17(4,5)18(6,7)24-19/h8-11,13-14,20H,12H2,1-7H3/t14-/m0/s1. The highest BCUT2D eigenvalue weighted by Gasteiger charge is 2.51. The second kappa shape index (κ2) is 7.03. The van der Waals surface area contributed by atoms with Gasteiger partial charge >= 0.3 is 7.12 Å². The molecule has 140 valence electrons. The summed E-state index contributed by atoms with van der Waals surface area (Å²) in [4.78, 5) is 0. The molecule has 5 nitrogen and oxygen atoms in total. The summed E-state index contributed by atoms with van der Waals surface area (Å²) in [6.07, 6.45) is 0. The third-order valence-electron chi connectivity index (χ3n) is 5.24. The molecule has 7 heteroatoms. The number of sulfonamides is 1. The first-order chi connectivity index (χ1) is 11.4. The van der Waals surface area contributed by atoms with E-state index in [9.17, 15) is 8.42 Å². The Kier molecular flexibility index (Phi) is 5.74. The molecule has 0 radical (unpaired) electrons. The van der Waals surface area contributed by atoms with E-state index in [1.807, 2.05) is 58.9 Å². The summed E-state index contributed by atoms with van der Waals surface area (Å²) in [7, 11) is -3.62. The molecule has 0 aliphatic carbocycles. The summed E-state index contributed by atoms with van der Waals surface area (Å²) in [6.45, 7) is 13.9. The first kappa shape index (κ1) is 20.4. The van der Waals surface area contributed by atoms with Crippen LogP contribution >= 0.6 is 0 Å². The molecule has 1 saturated heterocycles. The molecule has 1 aromatic rings. The van der Waals surface area contributed by atoms with E-state index < -0.39 is 15.3 Å². The minimum atomic E-state index is -3.24. The molecule has 1 aliphatic rings. The van der Waals surface area contributed by atoms with Crippen LogP contribution in [0.3, 0.4) is 0 Å². The first-order valence-corrected chi connectivity index (χ1v) is 10.3. The number of benzene rings is 1. The Morgan fingerprint density at radius 1 is 1.00 bits per heavy atom. The molecular formula is C18H30BNO4S. The maximum atomic E-state index is 11.9. The van der Waals surface area contributed by atoms with Crippen LogP contribution in [-0.2, 0) is 19.3 Å². The van der Waals surface area contributed by atoms with Gasteiger partial charge in [-0.3, -0.25) is 0 Å². The van der Waals surface area contributed by atoms with Crippen LogP contribution in [0.2, 0.25) is 0 Å². The molecule has 1 aromatic carbocycles. The third kappa shape index (κ3) is 4.45. The van der Waals surface area contributed by atoms with Crippen molar-refractivity contribution in [1.82, 2.24) is 4.72 Å². The number of hydrogen-bond acceptors (Lipinski definition) is 4. The van der Waals surface area contributed by atoms with Crippen LogP contribution in [0.4, 0.5) is 0 Å². The van der Waals surface area contributed by atoms with Crippen molar-refractivity contribution in [2.45, 2.75) is 70.8 Å². The number of nitrogens with one attached hydrogen (secondary N) is 1. The fraction of sp³-hybridized carbons (Fsp3) is 0.667. The van der Waals surface area contributed by atoms with E-state index in [4.69, 9.17) is 9.31 Å². The predicted octanol–water partition coefficient (Wildman–Crippen LogP) is 2.42. The van der Waals surface area contributed by atoms with Gasteiger partial charge in [0.1, 0.15) is 0 Å². The third-order valence-corrected chi connectivity index (χ3v) is 7.05. The lowest BCUT2D eigenvalue weighted by Gasteiger charge is -2.32. The van der Waals surface area contributed by atoms with Gasteiger partial charge in [-0.1, -0.05) is 31.2 Å². The van der Waals surface area contributed by atoms with Crippen LogP contribution < -0.4 is 10.2 Å². The van der Waals surface area contributed by atoms with Crippen molar-refractivity contribution in [3.8, 4) is 0 Å². The Labute approximate surface area is 152 Å². The highest BCUT2D eigenvalue weighted by atomic mass is 32.2. The van der Waals surface area contributed by atoms with Crippen molar-refractivity contribution in [3.05, 3.63) is 29.8 Å². The lowest BCUT2D eigenvalue weighted by atomic mass is 9.78. The molecule has 25 heavy (non-hydrogen) atoms. The largest absolute Gasteiger partial charge is 0.494 e. The lowest BCUT2D eigenvalue weighted by Crippen LogP contribution is -2.41. The van der Waals surface area contributed by atoms with Crippen molar-refractivity contribution in [2.75, 3.05) is 6.54 Å². The SMILES string of the molecule is CC(C)S(=O)(=O)NC[C@H](C)c1ccc(B2OC(C)(C)C(C)(C)O2)cc1. The van der Waals surface area contributed by atoms with Gasteiger partial charge in [-0.2, -0.15) is 0 Å². The fourth-order valence-electron chi connectivity index (χ4n) is 2.49. The van der Waals surface area contributed by atoms with Gasteiger partial charge in [-0.05, 0) is 58.5 Å². The smallest absolute Gasteiger partial charge is 0.399 e. The maximum absolute atomic E-state index is 11.9. The summed E-state index contributed by atoms with van der Waals surface area (Å²) >= 11 is 0. The van der Waals surface area contributed by atoms with E-state index in [0.29, 0.717) is 6.54 Å². The van der Waals surface area contributed by atoms with Crippen LogP contribution in [0.5, 0.6) is 0 Å². The van der Waals surface area contributed by atoms with E-state index >= 15 is 0 Å². The zero-order valence-corrected chi connectivity index (χ0v) is 17.1.